The number of tetrazole rings is 1. The van der Waals surface area contributed by atoms with Crippen LogP contribution in [0.25, 0.3) is 5.69 Å². The normalized spacial score (nSPS) is 15.8. The van der Waals surface area contributed by atoms with Crippen LogP contribution in [0.1, 0.15) is 58.3 Å². The Kier molecular flexibility index (Phi) is 7.01. The number of aromatic nitrogens is 4. The zero-order valence-corrected chi connectivity index (χ0v) is 19.9. The van der Waals surface area contributed by atoms with Gasteiger partial charge in [0.25, 0.3) is 5.91 Å². The van der Waals surface area contributed by atoms with Crippen molar-refractivity contribution in [3.8, 4) is 5.69 Å². The zero-order chi connectivity index (χ0) is 24.2. The summed E-state index contributed by atoms with van der Waals surface area (Å²) in [7, 11) is 0. The number of fused-ring (bicyclic) bond motifs is 1. The Morgan fingerprint density at radius 2 is 2.00 bits per heavy atom. The quantitative estimate of drug-likeness (QED) is 0.508. The highest BCUT2D eigenvalue weighted by Gasteiger charge is 2.30. The first kappa shape index (κ1) is 23.6. The number of rotatable bonds is 7. The van der Waals surface area contributed by atoms with Crippen LogP contribution in [0.4, 0.5) is 5.00 Å². The largest absolute Gasteiger partial charge is 0.462 e. The van der Waals surface area contributed by atoms with E-state index < -0.39 is 23.9 Å². The number of carbonyl (C=O) groups excluding carboxylic acids is 3. The van der Waals surface area contributed by atoms with Crippen molar-refractivity contribution in [2.45, 2.75) is 46.1 Å². The minimum Gasteiger partial charge on any atom is -0.462 e. The molecular weight excluding hydrogens is 458 g/mol. The summed E-state index contributed by atoms with van der Waals surface area (Å²) in [6, 6.07) is 6.47. The van der Waals surface area contributed by atoms with E-state index in [1.54, 1.807) is 31.2 Å². The van der Waals surface area contributed by atoms with Crippen LogP contribution in [0.3, 0.4) is 0 Å². The molecule has 3 aromatic rings. The van der Waals surface area contributed by atoms with E-state index in [9.17, 15) is 14.4 Å². The smallest absolute Gasteiger partial charge is 0.341 e. The molecule has 1 aromatic carbocycles. The van der Waals surface area contributed by atoms with Gasteiger partial charge in [0.1, 0.15) is 11.3 Å². The van der Waals surface area contributed by atoms with Gasteiger partial charge < -0.3 is 14.8 Å². The molecule has 0 radical (unpaired) electrons. The number of hydrogen-bond acceptors (Lipinski definition) is 9. The maximum Gasteiger partial charge on any atom is 0.341 e. The number of carbonyl (C=O) groups is 3. The molecule has 2 atom stereocenters. The van der Waals surface area contributed by atoms with E-state index in [2.05, 4.69) is 27.8 Å². The molecular formula is C23H25N5O5S. The lowest BCUT2D eigenvalue weighted by atomic mass is 9.88. The van der Waals surface area contributed by atoms with Crippen molar-refractivity contribution in [1.29, 1.82) is 0 Å². The number of nitrogens with one attached hydrogen (secondary N) is 1. The molecule has 0 aliphatic heterocycles. The number of benzene rings is 1. The van der Waals surface area contributed by atoms with Gasteiger partial charge in [-0.05, 0) is 79.3 Å². The van der Waals surface area contributed by atoms with Crippen molar-refractivity contribution in [2.75, 3.05) is 11.9 Å². The van der Waals surface area contributed by atoms with Crippen molar-refractivity contribution in [2.24, 2.45) is 5.92 Å². The second kappa shape index (κ2) is 10.1. The Bertz CT molecular complexity index is 1190. The highest BCUT2D eigenvalue weighted by Crippen LogP contribution is 2.40. The fraction of sp³-hybridized carbons (Fsp3) is 0.391. The average Bonchev–Trinajstić information content (AvgIpc) is 3.47. The van der Waals surface area contributed by atoms with Gasteiger partial charge in [-0.1, -0.05) is 6.92 Å². The highest BCUT2D eigenvalue weighted by atomic mass is 32.1. The third-order valence-electron chi connectivity index (χ3n) is 5.60. The van der Waals surface area contributed by atoms with E-state index >= 15 is 0 Å². The fourth-order valence-corrected chi connectivity index (χ4v) is 5.19. The summed E-state index contributed by atoms with van der Waals surface area (Å²) < 4.78 is 12.0. The van der Waals surface area contributed by atoms with Gasteiger partial charge >= 0.3 is 11.9 Å². The third-order valence-corrected chi connectivity index (χ3v) is 6.77. The van der Waals surface area contributed by atoms with Crippen LogP contribution in [-0.4, -0.2) is 50.8 Å². The third kappa shape index (κ3) is 4.98. The van der Waals surface area contributed by atoms with Crippen LogP contribution >= 0.6 is 11.3 Å². The maximum absolute atomic E-state index is 12.8. The maximum atomic E-state index is 12.8. The van der Waals surface area contributed by atoms with E-state index in [-0.39, 0.29) is 12.2 Å². The summed E-state index contributed by atoms with van der Waals surface area (Å²) in [4.78, 5) is 39.1. The van der Waals surface area contributed by atoms with Crippen LogP contribution in [0.5, 0.6) is 0 Å². The van der Waals surface area contributed by atoms with Gasteiger partial charge in [-0.25, -0.2) is 14.3 Å². The van der Waals surface area contributed by atoms with Gasteiger partial charge in [0, 0.05) is 4.88 Å². The number of hydrogen-bond donors (Lipinski definition) is 1. The molecule has 0 saturated carbocycles. The van der Waals surface area contributed by atoms with Crippen LogP contribution in [-0.2, 0) is 27.1 Å². The Morgan fingerprint density at radius 1 is 1.24 bits per heavy atom. The van der Waals surface area contributed by atoms with Crippen molar-refractivity contribution in [3.05, 3.63) is 52.2 Å². The molecule has 1 aliphatic carbocycles. The number of amides is 1. The van der Waals surface area contributed by atoms with E-state index in [4.69, 9.17) is 9.47 Å². The van der Waals surface area contributed by atoms with Gasteiger partial charge in [0.05, 0.1) is 23.4 Å². The van der Waals surface area contributed by atoms with Gasteiger partial charge in [-0.15, -0.1) is 16.4 Å². The number of anilines is 1. The fourth-order valence-electron chi connectivity index (χ4n) is 3.78. The summed E-state index contributed by atoms with van der Waals surface area (Å²) in [6.07, 6.45) is 2.96. The molecule has 34 heavy (non-hydrogen) atoms. The average molecular weight is 484 g/mol. The molecule has 2 aromatic heterocycles. The Hall–Kier alpha value is -3.60. The van der Waals surface area contributed by atoms with Crippen LogP contribution in [0, 0.1) is 5.92 Å². The summed E-state index contributed by atoms with van der Waals surface area (Å²) in [5.74, 6) is -1.10. The Morgan fingerprint density at radius 3 is 2.68 bits per heavy atom. The van der Waals surface area contributed by atoms with Crippen LogP contribution in [0.2, 0.25) is 0 Å². The predicted molar refractivity (Wildman–Crippen MR) is 124 cm³/mol. The topological polar surface area (TPSA) is 125 Å². The first-order chi connectivity index (χ1) is 16.4. The van der Waals surface area contributed by atoms with E-state index in [0.717, 1.165) is 29.7 Å². The molecule has 0 fully saturated rings. The number of thiophene rings is 1. The summed E-state index contributed by atoms with van der Waals surface area (Å²) in [5, 5.41) is 14.1. The molecule has 10 nitrogen and oxygen atoms in total. The van der Waals surface area contributed by atoms with Crippen LogP contribution < -0.4 is 5.32 Å². The van der Waals surface area contributed by atoms with Crippen LogP contribution in [0.15, 0.2) is 30.6 Å². The SMILES string of the molecule is CCOC(=O)c1c(NC(=O)[C@H](C)OC(=O)c2ccc(-n3cnnn3)cc2)sc2c1CC[C@@H](C)C2. The molecule has 4 rings (SSSR count). The minimum atomic E-state index is -1.07. The van der Waals surface area contributed by atoms with Gasteiger partial charge in [-0.2, -0.15) is 0 Å². The lowest BCUT2D eigenvalue weighted by Crippen LogP contribution is -2.30. The Balaban J connectivity index is 1.45. The number of nitrogens with zero attached hydrogens (tertiary/aromatic N) is 4. The lowest BCUT2D eigenvalue weighted by Gasteiger charge is -2.18. The summed E-state index contributed by atoms with van der Waals surface area (Å²) in [5.41, 5.74) is 2.32. The second-order valence-electron chi connectivity index (χ2n) is 8.11. The molecule has 0 spiro atoms. The molecule has 0 unspecified atom stereocenters. The van der Waals surface area contributed by atoms with E-state index in [0.29, 0.717) is 22.2 Å². The highest BCUT2D eigenvalue weighted by molar-refractivity contribution is 7.17. The standard InChI is InChI=1S/C23H25N5O5S/c1-4-32-23(31)19-17-10-5-13(2)11-18(17)34-21(19)25-20(29)14(3)33-22(30)15-6-8-16(9-7-15)28-12-24-26-27-28/h6-9,12-14H,4-5,10-11H2,1-3H3,(H,25,29)/t13-,14+/m1/s1. The summed E-state index contributed by atoms with van der Waals surface area (Å²) in [6.45, 7) is 5.64. The molecule has 1 N–H and O–H groups in total. The van der Waals surface area contributed by atoms with Gasteiger partial charge in [0.15, 0.2) is 6.10 Å². The van der Waals surface area contributed by atoms with Crippen molar-refractivity contribution < 1.29 is 23.9 Å². The summed E-state index contributed by atoms with van der Waals surface area (Å²) >= 11 is 1.39. The number of esters is 2. The molecule has 1 amide bonds. The first-order valence-electron chi connectivity index (χ1n) is 11.0. The van der Waals surface area contributed by atoms with E-state index in [1.165, 1.54) is 29.3 Å². The second-order valence-corrected chi connectivity index (χ2v) is 9.22. The first-order valence-corrected chi connectivity index (χ1v) is 11.9. The van der Waals surface area contributed by atoms with E-state index in [1.807, 2.05) is 0 Å². The molecule has 0 saturated heterocycles. The van der Waals surface area contributed by atoms with Crippen molar-refractivity contribution in [1.82, 2.24) is 20.2 Å². The lowest BCUT2D eigenvalue weighted by molar-refractivity contribution is -0.123. The molecule has 2 heterocycles. The van der Waals surface area contributed by atoms with Crippen molar-refractivity contribution in [3.63, 3.8) is 0 Å². The molecule has 11 heteroatoms. The predicted octanol–water partition coefficient (Wildman–Crippen LogP) is 3.21. The number of ether oxygens (including phenoxy) is 2. The molecule has 0 bridgehead atoms. The zero-order valence-electron chi connectivity index (χ0n) is 19.1. The molecule has 1 aliphatic rings. The van der Waals surface area contributed by atoms with Gasteiger partial charge in [0.2, 0.25) is 0 Å². The monoisotopic (exact) mass is 483 g/mol. The van der Waals surface area contributed by atoms with Gasteiger partial charge in [-0.3, -0.25) is 4.79 Å². The minimum absolute atomic E-state index is 0.244. The van der Waals surface area contributed by atoms with Crippen molar-refractivity contribution >= 4 is 34.2 Å². The Labute approximate surface area is 200 Å². The molecule has 178 valence electrons.